The van der Waals surface area contributed by atoms with Gasteiger partial charge >= 0.3 is 32.9 Å². The molecule has 2 aromatic carbocycles. The van der Waals surface area contributed by atoms with Gasteiger partial charge in [0.1, 0.15) is 27.8 Å². The molecule has 0 aromatic heterocycles. The molecular weight excluding hydrogens is 662 g/mol. The Balaban J connectivity index is 1.99. The van der Waals surface area contributed by atoms with Crippen LogP contribution < -0.4 is 20.4 Å². The summed E-state index contributed by atoms with van der Waals surface area (Å²) >= 11 is 0. The Morgan fingerprint density at radius 3 is 1.30 bits per heavy atom. The second-order valence-electron chi connectivity index (χ2n) is 13.0. The molecule has 2 fully saturated rings. The van der Waals surface area contributed by atoms with Crippen molar-refractivity contribution in [3.8, 4) is 11.5 Å². The summed E-state index contributed by atoms with van der Waals surface area (Å²) < 4.78 is 132. The second kappa shape index (κ2) is 11.9. The van der Waals surface area contributed by atoms with Crippen LogP contribution >= 0.6 is 0 Å². The van der Waals surface area contributed by atoms with Crippen molar-refractivity contribution in [2.75, 3.05) is 6.54 Å². The van der Waals surface area contributed by atoms with Crippen LogP contribution in [0.1, 0.15) is 55.4 Å². The van der Waals surface area contributed by atoms with Crippen molar-refractivity contribution in [2.45, 2.75) is 100 Å². The van der Waals surface area contributed by atoms with E-state index >= 15 is 0 Å². The lowest BCUT2D eigenvalue weighted by Crippen LogP contribution is -2.41. The predicted octanol–water partition coefficient (Wildman–Crippen LogP) is 5.05. The number of halogens is 6. The van der Waals surface area contributed by atoms with Gasteiger partial charge in [0.05, 0.1) is 32.2 Å². The highest BCUT2D eigenvalue weighted by Crippen LogP contribution is 2.39. The summed E-state index contributed by atoms with van der Waals surface area (Å²) in [6.07, 6.45) is -10.5. The van der Waals surface area contributed by atoms with Gasteiger partial charge in [0, 0.05) is 0 Å². The van der Waals surface area contributed by atoms with Crippen molar-refractivity contribution in [2.24, 2.45) is 4.36 Å². The summed E-state index contributed by atoms with van der Waals surface area (Å²) in [4.78, 5) is 10.5. The van der Waals surface area contributed by atoms with Gasteiger partial charge in [0.25, 0.3) is 0 Å². The average Bonchev–Trinajstić information content (AvgIpc) is 3.24. The molecule has 0 aliphatic carbocycles. The zero-order chi connectivity index (χ0) is 35.6. The maximum absolute atomic E-state index is 14.9. The van der Waals surface area contributed by atoms with E-state index in [1.165, 1.54) is 0 Å². The molecule has 2 aromatic rings. The smallest absolute Gasteiger partial charge is 0.480 e. The van der Waals surface area contributed by atoms with E-state index < -0.39 is 92.9 Å². The van der Waals surface area contributed by atoms with Crippen LogP contribution in [0.5, 0.6) is 11.5 Å². The van der Waals surface area contributed by atoms with Crippen LogP contribution in [0.25, 0.3) is 0 Å². The Bertz CT molecular complexity index is 1530. The first kappa shape index (κ1) is 36.8. The van der Waals surface area contributed by atoms with E-state index in [2.05, 4.69) is 13.8 Å². The summed E-state index contributed by atoms with van der Waals surface area (Å²) in [6.45, 7) is 12.3. The van der Waals surface area contributed by atoms with Crippen molar-refractivity contribution in [3.05, 3.63) is 36.4 Å². The minimum Gasteiger partial charge on any atom is -0.480 e. The minimum atomic E-state index is -5.23. The zero-order valence-electron chi connectivity index (χ0n) is 26.7. The maximum Gasteiger partial charge on any atom is 0.573 e. The van der Waals surface area contributed by atoms with Crippen LogP contribution in [0.4, 0.5) is 26.3 Å². The minimum absolute atomic E-state index is 0.118. The lowest BCUT2D eigenvalue weighted by molar-refractivity contribution is -0.275. The molecule has 0 atom stereocenters. The highest BCUT2D eigenvalue weighted by Gasteiger charge is 2.53. The number of carboxylic acid groups (broad SMARTS) is 1. The molecule has 2 aliphatic heterocycles. The third-order valence-corrected chi connectivity index (χ3v) is 10.6. The number of hydrogen-bond donors (Lipinski definition) is 1. The second-order valence-corrected chi connectivity index (χ2v) is 15.2. The van der Waals surface area contributed by atoms with Gasteiger partial charge in [-0.1, -0.05) is 0 Å². The van der Waals surface area contributed by atoms with Gasteiger partial charge < -0.3 is 33.2 Å². The summed E-state index contributed by atoms with van der Waals surface area (Å²) in [5.41, 5.74) is -4.09. The van der Waals surface area contributed by atoms with Crippen LogP contribution in [-0.2, 0) is 33.1 Å². The Kier molecular flexibility index (Phi) is 9.29. The molecule has 0 unspecified atom stereocenters. The van der Waals surface area contributed by atoms with Crippen LogP contribution in [0.2, 0.25) is 0 Å². The average molecular weight is 695 g/mol. The van der Waals surface area contributed by atoms with Crippen LogP contribution in [0.3, 0.4) is 0 Å². The number of ether oxygens (including phenoxy) is 2. The van der Waals surface area contributed by atoms with E-state index in [-0.39, 0.29) is 10.9 Å². The van der Waals surface area contributed by atoms with Crippen LogP contribution in [-0.4, -0.2) is 71.2 Å². The monoisotopic (exact) mass is 695 g/mol. The molecule has 0 amide bonds. The quantitative estimate of drug-likeness (QED) is 0.299. The Morgan fingerprint density at radius 1 is 0.702 bits per heavy atom. The van der Waals surface area contributed by atoms with Crippen molar-refractivity contribution >= 4 is 40.9 Å². The van der Waals surface area contributed by atoms with E-state index in [9.17, 15) is 40.5 Å². The lowest BCUT2D eigenvalue weighted by atomic mass is 9.79. The van der Waals surface area contributed by atoms with Crippen molar-refractivity contribution in [3.63, 3.8) is 0 Å². The van der Waals surface area contributed by atoms with E-state index in [4.69, 9.17) is 18.6 Å². The van der Waals surface area contributed by atoms with Gasteiger partial charge in [-0.15, -0.1) is 26.3 Å². The largest absolute Gasteiger partial charge is 0.573 e. The molecule has 0 saturated carbocycles. The predicted molar refractivity (Wildman–Crippen MR) is 157 cm³/mol. The molecule has 2 heterocycles. The number of nitrogens with zero attached hydrogens (tertiary/aromatic N) is 1. The van der Waals surface area contributed by atoms with E-state index in [1.807, 2.05) is 0 Å². The normalized spacial score (nSPS) is 20.3. The fourth-order valence-corrected chi connectivity index (χ4v) is 6.56. The maximum atomic E-state index is 14.9. The molecular formula is C28H33B2F6NO9S. The molecule has 4 rings (SSSR count). The standard InChI is InChI=1S/C28H33B2F6NO9S/c1-23(2)24(3,4)44-29(43-23)16-9-18(41-27(31,32)33)13-20(11-16)47(40,37-15-22(38)39)21-12-17(10-19(14-21)42-28(34,35)36)30-45-25(5,6)26(7,8)46-30/h9-14H,15H2,1-8H3,(H,38,39). The number of carboxylic acids is 1. The Hall–Kier alpha value is -2.99. The number of alkyl halides is 6. The molecule has 19 heteroatoms. The van der Waals surface area contributed by atoms with E-state index in [0.717, 1.165) is 24.3 Å². The summed E-state index contributed by atoms with van der Waals surface area (Å²) in [6, 6.07) is 5.45. The van der Waals surface area contributed by atoms with Crippen LogP contribution in [0, 0.1) is 0 Å². The third kappa shape index (κ3) is 8.01. The Labute approximate surface area is 268 Å². The van der Waals surface area contributed by atoms with Gasteiger partial charge in [0.15, 0.2) is 0 Å². The van der Waals surface area contributed by atoms with Gasteiger partial charge in [-0.05, 0) is 103 Å². The summed E-state index contributed by atoms with van der Waals surface area (Å²) in [7, 11) is -7.03. The van der Waals surface area contributed by atoms with Crippen molar-refractivity contribution < 1.29 is 68.5 Å². The van der Waals surface area contributed by atoms with Gasteiger partial charge in [-0.25, -0.2) is 8.57 Å². The van der Waals surface area contributed by atoms with Gasteiger partial charge in [0.2, 0.25) is 0 Å². The molecule has 2 saturated heterocycles. The number of benzene rings is 2. The molecule has 2 aliphatic rings. The molecule has 0 radical (unpaired) electrons. The van der Waals surface area contributed by atoms with E-state index in [1.54, 1.807) is 55.4 Å². The molecule has 47 heavy (non-hydrogen) atoms. The Morgan fingerprint density at radius 2 is 1.02 bits per heavy atom. The summed E-state index contributed by atoms with van der Waals surface area (Å²) in [5.74, 6) is -3.38. The molecule has 10 nitrogen and oxygen atoms in total. The first-order valence-electron chi connectivity index (χ1n) is 14.1. The molecule has 0 bridgehead atoms. The van der Waals surface area contributed by atoms with Crippen molar-refractivity contribution in [1.82, 2.24) is 0 Å². The fourth-order valence-electron chi connectivity index (χ4n) is 4.55. The first-order chi connectivity index (χ1) is 21.1. The van der Waals surface area contributed by atoms with Gasteiger partial charge in [-0.3, -0.25) is 4.79 Å². The van der Waals surface area contributed by atoms with E-state index in [0.29, 0.717) is 12.1 Å². The van der Waals surface area contributed by atoms with Crippen LogP contribution in [0.15, 0.2) is 50.6 Å². The summed E-state index contributed by atoms with van der Waals surface area (Å²) in [5, 5.41) is 9.42. The number of carbonyl (C=O) groups is 1. The fraction of sp³-hybridized carbons (Fsp3) is 0.536. The number of aliphatic carboxylic acids is 1. The molecule has 1 N–H and O–H groups in total. The zero-order valence-corrected chi connectivity index (χ0v) is 27.5. The first-order valence-corrected chi connectivity index (χ1v) is 15.6. The highest BCUT2D eigenvalue weighted by atomic mass is 32.2. The van der Waals surface area contributed by atoms with Crippen molar-refractivity contribution in [1.29, 1.82) is 0 Å². The molecule has 0 spiro atoms. The number of hydrogen-bond acceptors (Lipinski definition) is 9. The molecule has 258 valence electrons. The third-order valence-electron chi connectivity index (χ3n) is 8.34. The SMILES string of the molecule is CC1(C)OB(c2cc(OC(F)(F)F)cc(S(=O)(=NCC(=O)O)c3cc(OC(F)(F)F)cc(B4OC(C)(C)C(C)(C)O4)c3)c2)OC1(C)C. The highest BCUT2D eigenvalue weighted by molar-refractivity contribution is 7.93. The lowest BCUT2D eigenvalue weighted by Gasteiger charge is -2.32. The van der Waals surface area contributed by atoms with Gasteiger partial charge in [-0.2, -0.15) is 0 Å². The topological polar surface area (TPSA) is 122 Å². The number of rotatable bonds is 8.